The second kappa shape index (κ2) is 11.0. The summed E-state index contributed by atoms with van der Waals surface area (Å²) in [5, 5.41) is 14.6. The van der Waals surface area contributed by atoms with E-state index in [9.17, 15) is 19.7 Å². The molecule has 0 bridgehead atoms. The highest BCUT2D eigenvalue weighted by Gasteiger charge is 2.41. The van der Waals surface area contributed by atoms with Gasteiger partial charge in [0, 0.05) is 67.8 Å². The Balaban J connectivity index is 1.49. The van der Waals surface area contributed by atoms with Crippen molar-refractivity contribution in [2.45, 2.75) is 50.5 Å². The van der Waals surface area contributed by atoms with E-state index in [1.807, 2.05) is 38.1 Å². The third kappa shape index (κ3) is 5.45. The number of carbonyl (C=O) groups is 2. The molecule has 39 heavy (non-hydrogen) atoms. The molecule has 1 aliphatic carbocycles. The van der Waals surface area contributed by atoms with Crippen molar-refractivity contribution in [3.05, 3.63) is 92.3 Å². The molecule has 1 saturated heterocycles. The number of anilines is 1. The molecule has 3 aliphatic rings. The topological polar surface area (TPSA) is 111 Å². The lowest BCUT2D eigenvalue weighted by Crippen LogP contribution is -2.36. The number of nitrogens with one attached hydrogen (secondary N) is 1. The first-order valence-electron chi connectivity index (χ1n) is 13.3. The quantitative estimate of drug-likeness (QED) is 0.310. The fourth-order valence-electron chi connectivity index (χ4n) is 5.73. The molecule has 0 saturated carbocycles. The maximum atomic E-state index is 13.8. The van der Waals surface area contributed by atoms with Crippen LogP contribution >= 0.6 is 0 Å². The second-order valence-electron chi connectivity index (χ2n) is 10.6. The van der Waals surface area contributed by atoms with Crippen LogP contribution in [-0.2, 0) is 19.1 Å². The molecule has 1 N–H and O–H groups in total. The van der Waals surface area contributed by atoms with E-state index in [1.165, 1.54) is 12.1 Å². The van der Waals surface area contributed by atoms with Gasteiger partial charge in [-0.2, -0.15) is 0 Å². The maximum Gasteiger partial charge on any atom is 0.336 e. The van der Waals surface area contributed by atoms with E-state index in [4.69, 9.17) is 9.47 Å². The number of hydrogen-bond donors (Lipinski definition) is 1. The van der Waals surface area contributed by atoms with Crippen LogP contribution in [0.5, 0.6) is 0 Å². The van der Waals surface area contributed by atoms with Crippen molar-refractivity contribution in [1.29, 1.82) is 0 Å². The van der Waals surface area contributed by atoms with Crippen LogP contribution in [0.1, 0.15) is 55.6 Å². The Morgan fingerprint density at radius 1 is 1.10 bits per heavy atom. The lowest BCUT2D eigenvalue weighted by atomic mass is 9.71. The van der Waals surface area contributed by atoms with Crippen molar-refractivity contribution in [3.8, 4) is 0 Å². The smallest absolute Gasteiger partial charge is 0.336 e. The van der Waals surface area contributed by atoms with Crippen LogP contribution in [-0.4, -0.2) is 50.1 Å². The zero-order valence-electron chi connectivity index (χ0n) is 22.4. The van der Waals surface area contributed by atoms with Crippen molar-refractivity contribution < 1.29 is 24.0 Å². The SMILES string of the molecule is CC1=C(C(=O)OC[C@H]2CCCO2)[C@H](c2ccc([N+](=O)[O-])cc2)C2=C(C[C@@H](c3ccc(N(C)C)cc3)CC2=O)N1. The summed E-state index contributed by atoms with van der Waals surface area (Å²) in [6, 6.07) is 14.3. The number of nitro benzene ring substituents is 1. The third-order valence-corrected chi connectivity index (χ3v) is 7.79. The van der Waals surface area contributed by atoms with Crippen LogP contribution in [0.4, 0.5) is 11.4 Å². The monoisotopic (exact) mass is 531 g/mol. The first-order valence-corrected chi connectivity index (χ1v) is 13.3. The molecular weight excluding hydrogens is 498 g/mol. The van der Waals surface area contributed by atoms with Gasteiger partial charge in [-0.05, 0) is 55.4 Å². The summed E-state index contributed by atoms with van der Waals surface area (Å²) < 4.78 is 11.3. The van der Waals surface area contributed by atoms with E-state index in [0.29, 0.717) is 41.9 Å². The molecule has 1 fully saturated rings. The van der Waals surface area contributed by atoms with Gasteiger partial charge >= 0.3 is 5.97 Å². The predicted octanol–water partition coefficient (Wildman–Crippen LogP) is 4.74. The summed E-state index contributed by atoms with van der Waals surface area (Å²) in [4.78, 5) is 40.1. The molecule has 204 valence electrons. The molecule has 9 heteroatoms. The van der Waals surface area contributed by atoms with Gasteiger partial charge in [-0.25, -0.2) is 4.79 Å². The van der Waals surface area contributed by atoms with E-state index in [1.54, 1.807) is 12.1 Å². The molecule has 9 nitrogen and oxygen atoms in total. The van der Waals surface area contributed by atoms with E-state index >= 15 is 0 Å². The summed E-state index contributed by atoms with van der Waals surface area (Å²) >= 11 is 0. The van der Waals surface area contributed by atoms with Gasteiger partial charge in [0.05, 0.1) is 16.6 Å². The Labute approximate surface area is 227 Å². The van der Waals surface area contributed by atoms with Gasteiger partial charge in [0.2, 0.25) is 0 Å². The Hall–Kier alpha value is -3.98. The summed E-state index contributed by atoms with van der Waals surface area (Å²) in [7, 11) is 3.97. The summed E-state index contributed by atoms with van der Waals surface area (Å²) in [6.45, 7) is 2.61. The zero-order chi connectivity index (χ0) is 27.7. The number of ketones is 1. The molecule has 0 radical (unpaired) electrons. The minimum Gasteiger partial charge on any atom is -0.459 e. The summed E-state index contributed by atoms with van der Waals surface area (Å²) in [5.74, 6) is -1.24. The molecule has 2 aromatic rings. The van der Waals surface area contributed by atoms with Gasteiger partial charge in [0.15, 0.2) is 5.78 Å². The van der Waals surface area contributed by atoms with E-state index in [-0.39, 0.29) is 30.1 Å². The molecule has 0 amide bonds. The fraction of sp³-hybridized carbons (Fsp3) is 0.400. The molecule has 0 unspecified atom stereocenters. The Morgan fingerprint density at radius 3 is 2.41 bits per heavy atom. The van der Waals surface area contributed by atoms with E-state index < -0.39 is 16.8 Å². The second-order valence-corrected chi connectivity index (χ2v) is 10.6. The molecule has 0 aromatic heterocycles. The maximum absolute atomic E-state index is 13.8. The minimum absolute atomic E-state index is 0.00158. The van der Waals surface area contributed by atoms with Crippen molar-refractivity contribution in [3.63, 3.8) is 0 Å². The molecule has 0 spiro atoms. The molecule has 2 aliphatic heterocycles. The average molecular weight is 532 g/mol. The number of dihydropyridines is 1. The largest absolute Gasteiger partial charge is 0.459 e. The number of non-ortho nitro benzene ring substituents is 1. The number of esters is 1. The first-order chi connectivity index (χ1) is 18.7. The van der Waals surface area contributed by atoms with Crippen molar-refractivity contribution in [2.75, 3.05) is 32.2 Å². The highest BCUT2D eigenvalue weighted by molar-refractivity contribution is 6.04. The number of nitro groups is 1. The Bertz CT molecular complexity index is 1340. The van der Waals surface area contributed by atoms with Crippen molar-refractivity contribution >= 4 is 23.1 Å². The van der Waals surface area contributed by atoms with Crippen LogP contribution < -0.4 is 10.2 Å². The molecule has 5 rings (SSSR count). The van der Waals surface area contributed by atoms with Gasteiger partial charge in [-0.3, -0.25) is 14.9 Å². The van der Waals surface area contributed by atoms with Gasteiger partial charge in [0.25, 0.3) is 5.69 Å². The summed E-state index contributed by atoms with van der Waals surface area (Å²) in [5.41, 5.74) is 5.02. The van der Waals surface area contributed by atoms with Crippen LogP contribution in [0.25, 0.3) is 0 Å². The lowest BCUT2D eigenvalue weighted by Gasteiger charge is -2.36. The highest BCUT2D eigenvalue weighted by Crippen LogP contribution is 2.46. The van der Waals surface area contributed by atoms with Crippen LogP contribution in [0.2, 0.25) is 0 Å². The Morgan fingerprint density at radius 2 is 1.79 bits per heavy atom. The molecular formula is C30H33N3O6. The lowest BCUT2D eigenvalue weighted by molar-refractivity contribution is -0.384. The normalized spacial score (nSPS) is 22.8. The van der Waals surface area contributed by atoms with Crippen molar-refractivity contribution in [2.24, 2.45) is 0 Å². The number of hydrogen-bond acceptors (Lipinski definition) is 8. The van der Waals surface area contributed by atoms with E-state index in [0.717, 1.165) is 29.8 Å². The van der Waals surface area contributed by atoms with Crippen LogP contribution in [0.15, 0.2) is 71.1 Å². The number of rotatable bonds is 7. The van der Waals surface area contributed by atoms with Crippen molar-refractivity contribution in [1.82, 2.24) is 5.32 Å². The Kier molecular flexibility index (Phi) is 7.52. The number of nitrogens with zero attached hydrogens (tertiary/aromatic N) is 2. The van der Waals surface area contributed by atoms with E-state index in [2.05, 4.69) is 17.4 Å². The van der Waals surface area contributed by atoms with Gasteiger partial charge in [-0.15, -0.1) is 0 Å². The number of benzene rings is 2. The third-order valence-electron chi connectivity index (χ3n) is 7.79. The number of allylic oxidation sites excluding steroid dienone is 3. The van der Waals surface area contributed by atoms with Crippen LogP contribution in [0, 0.1) is 10.1 Å². The van der Waals surface area contributed by atoms with Gasteiger partial charge in [-0.1, -0.05) is 24.3 Å². The molecule has 2 heterocycles. The first kappa shape index (κ1) is 26.6. The highest BCUT2D eigenvalue weighted by atomic mass is 16.6. The number of ether oxygens (including phenoxy) is 2. The standard InChI is InChI=1S/C30H33N3O6/c1-18-27(30(35)39-17-24-5-4-14-38-24)28(20-8-12-23(13-9-20)33(36)37)29-25(31-18)15-21(16-26(29)34)19-6-10-22(11-7-19)32(2)3/h6-13,21,24,28,31H,4-5,14-17H2,1-3H3/t21-,24-,28+/m1/s1. The van der Waals surface area contributed by atoms with Crippen LogP contribution in [0.3, 0.4) is 0 Å². The average Bonchev–Trinajstić information content (AvgIpc) is 3.45. The fourth-order valence-corrected chi connectivity index (χ4v) is 5.73. The van der Waals surface area contributed by atoms with Gasteiger partial charge < -0.3 is 19.7 Å². The molecule has 3 atom stereocenters. The molecule has 2 aromatic carbocycles. The zero-order valence-corrected chi connectivity index (χ0v) is 22.4. The minimum atomic E-state index is -0.677. The summed E-state index contributed by atoms with van der Waals surface area (Å²) in [6.07, 6.45) is 2.56. The number of Topliss-reactive ketones (excluding diaryl/α,β-unsaturated/α-hetero) is 1. The van der Waals surface area contributed by atoms with Gasteiger partial charge in [0.1, 0.15) is 6.61 Å². The number of carbonyl (C=O) groups excluding carboxylic acids is 2. The predicted molar refractivity (Wildman–Crippen MR) is 146 cm³/mol.